The van der Waals surface area contributed by atoms with Crippen molar-refractivity contribution in [1.29, 1.82) is 0 Å². The second-order valence-electron chi connectivity index (χ2n) is 7.24. The molecular formula is C18H24F2N2O. The van der Waals surface area contributed by atoms with Crippen molar-refractivity contribution in [3.8, 4) is 0 Å². The van der Waals surface area contributed by atoms with Gasteiger partial charge in [0.2, 0.25) is 0 Å². The van der Waals surface area contributed by atoms with Crippen LogP contribution in [0.25, 0.3) is 0 Å². The van der Waals surface area contributed by atoms with E-state index in [1.807, 2.05) is 0 Å². The molecule has 0 saturated carbocycles. The lowest BCUT2D eigenvalue weighted by atomic mass is 9.75. The maximum atomic E-state index is 13.7. The molecule has 2 bridgehead atoms. The summed E-state index contributed by atoms with van der Waals surface area (Å²) in [5.74, 6) is -0.123. The van der Waals surface area contributed by atoms with Crippen LogP contribution in [0.3, 0.4) is 0 Å². The minimum Gasteiger partial charge on any atom is -0.396 e. The van der Waals surface area contributed by atoms with Gasteiger partial charge in [0.1, 0.15) is 11.6 Å². The second kappa shape index (κ2) is 6.11. The Morgan fingerprint density at radius 2 is 1.74 bits per heavy atom. The molecule has 5 heteroatoms. The summed E-state index contributed by atoms with van der Waals surface area (Å²) in [4.78, 5) is 4.99. The summed E-state index contributed by atoms with van der Waals surface area (Å²) in [7, 11) is 0. The van der Waals surface area contributed by atoms with Crippen LogP contribution in [0.15, 0.2) is 18.2 Å². The molecule has 4 saturated heterocycles. The van der Waals surface area contributed by atoms with E-state index in [4.69, 9.17) is 0 Å². The van der Waals surface area contributed by atoms with Crippen molar-refractivity contribution in [2.24, 2.45) is 5.92 Å². The summed E-state index contributed by atoms with van der Waals surface area (Å²) in [6, 6.07) is 4.79. The molecule has 4 heterocycles. The number of nitrogens with zero attached hydrogens (tertiary/aromatic N) is 2. The summed E-state index contributed by atoms with van der Waals surface area (Å²) >= 11 is 0. The van der Waals surface area contributed by atoms with Gasteiger partial charge in [-0.3, -0.25) is 9.80 Å². The average molecular weight is 322 g/mol. The summed E-state index contributed by atoms with van der Waals surface area (Å²) in [6.45, 7) is 4.12. The van der Waals surface area contributed by atoms with Gasteiger partial charge in [0.05, 0.1) is 0 Å². The number of likely N-dealkylation sites (tertiary alicyclic amines) is 1. The maximum absolute atomic E-state index is 13.7. The molecule has 0 unspecified atom stereocenters. The third-order valence-corrected chi connectivity index (χ3v) is 6.01. The molecule has 0 aliphatic carbocycles. The Kier molecular flexibility index (Phi) is 4.12. The van der Waals surface area contributed by atoms with Crippen LogP contribution in [0.1, 0.15) is 30.7 Å². The maximum Gasteiger partial charge on any atom is 0.126 e. The van der Waals surface area contributed by atoms with E-state index in [0.717, 1.165) is 44.2 Å². The molecule has 3 nitrogen and oxygen atoms in total. The highest BCUT2D eigenvalue weighted by Crippen LogP contribution is 2.46. The molecule has 4 fully saturated rings. The van der Waals surface area contributed by atoms with Crippen LogP contribution >= 0.6 is 0 Å². The van der Waals surface area contributed by atoms with Crippen molar-refractivity contribution < 1.29 is 13.9 Å². The lowest BCUT2D eigenvalue weighted by Crippen LogP contribution is -2.60. The molecule has 0 amide bonds. The lowest BCUT2D eigenvalue weighted by molar-refractivity contribution is -0.00760. The summed E-state index contributed by atoms with van der Waals surface area (Å²) in [5.41, 5.74) is 0.788. The second-order valence-corrected chi connectivity index (χ2v) is 7.24. The van der Waals surface area contributed by atoms with Crippen molar-refractivity contribution >= 4 is 0 Å². The van der Waals surface area contributed by atoms with Crippen LogP contribution in [0.4, 0.5) is 8.78 Å². The number of halogens is 2. The number of hydrogen-bond acceptors (Lipinski definition) is 3. The van der Waals surface area contributed by atoms with Crippen molar-refractivity contribution in [2.75, 3.05) is 32.8 Å². The van der Waals surface area contributed by atoms with E-state index in [1.165, 1.54) is 25.0 Å². The van der Waals surface area contributed by atoms with Crippen LogP contribution in [-0.4, -0.2) is 59.8 Å². The Hall–Kier alpha value is -1.04. The number of fused-ring (bicyclic) bond motifs is 2. The summed E-state index contributed by atoms with van der Waals surface area (Å²) in [5, 5.41) is 9.17. The lowest BCUT2D eigenvalue weighted by Gasteiger charge is -2.51. The summed E-state index contributed by atoms with van der Waals surface area (Å²) < 4.78 is 27.4. The fraction of sp³-hybridized carbons (Fsp3) is 0.667. The van der Waals surface area contributed by atoms with Gasteiger partial charge in [-0.05, 0) is 56.0 Å². The zero-order valence-corrected chi connectivity index (χ0v) is 13.3. The normalized spacial score (nSPS) is 36.4. The van der Waals surface area contributed by atoms with E-state index < -0.39 is 11.6 Å². The number of hydrogen-bond donors (Lipinski definition) is 1. The SMILES string of the molecule is OCCCN1C[C@H](c2cc(F)cc(F)c2)[C@H]2[C@@H]1C1CCN2CC1. The Morgan fingerprint density at radius 3 is 2.39 bits per heavy atom. The molecule has 1 aromatic carbocycles. The Bertz CT molecular complexity index is 554. The molecule has 3 atom stereocenters. The number of aliphatic hydroxyl groups excluding tert-OH is 1. The van der Waals surface area contributed by atoms with E-state index in [1.54, 1.807) is 0 Å². The quantitative estimate of drug-likeness (QED) is 0.921. The molecule has 0 aromatic heterocycles. The largest absolute Gasteiger partial charge is 0.396 e. The van der Waals surface area contributed by atoms with Crippen LogP contribution in [0, 0.1) is 17.6 Å². The smallest absolute Gasteiger partial charge is 0.126 e. The fourth-order valence-corrected chi connectivity index (χ4v) is 5.15. The van der Waals surface area contributed by atoms with Gasteiger partial charge < -0.3 is 5.11 Å². The fourth-order valence-electron chi connectivity index (χ4n) is 5.15. The van der Waals surface area contributed by atoms with E-state index in [2.05, 4.69) is 9.80 Å². The first-order valence-corrected chi connectivity index (χ1v) is 8.72. The third-order valence-electron chi connectivity index (χ3n) is 6.01. The molecule has 4 aliphatic rings. The van der Waals surface area contributed by atoms with Gasteiger partial charge in [0, 0.05) is 43.8 Å². The van der Waals surface area contributed by atoms with Gasteiger partial charge in [-0.25, -0.2) is 8.78 Å². The molecule has 23 heavy (non-hydrogen) atoms. The van der Waals surface area contributed by atoms with Crippen molar-refractivity contribution in [3.63, 3.8) is 0 Å². The first kappa shape index (κ1) is 15.5. The molecule has 5 rings (SSSR count). The highest BCUT2D eigenvalue weighted by molar-refractivity contribution is 5.28. The van der Waals surface area contributed by atoms with E-state index in [0.29, 0.717) is 18.0 Å². The van der Waals surface area contributed by atoms with Gasteiger partial charge in [0.25, 0.3) is 0 Å². The van der Waals surface area contributed by atoms with Crippen LogP contribution in [0.2, 0.25) is 0 Å². The van der Waals surface area contributed by atoms with Gasteiger partial charge in [-0.15, -0.1) is 0 Å². The zero-order valence-electron chi connectivity index (χ0n) is 13.3. The van der Waals surface area contributed by atoms with E-state index >= 15 is 0 Å². The van der Waals surface area contributed by atoms with Gasteiger partial charge in [-0.1, -0.05) is 0 Å². The van der Waals surface area contributed by atoms with Crippen LogP contribution < -0.4 is 0 Å². The predicted octanol–water partition coefficient (Wildman–Crippen LogP) is 2.21. The molecule has 0 radical (unpaired) electrons. The van der Waals surface area contributed by atoms with Crippen molar-refractivity contribution in [2.45, 2.75) is 37.3 Å². The number of rotatable bonds is 4. The Labute approximate surface area is 135 Å². The number of piperidine rings is 3. The monoisotopic (exact) mass is 322 g/mol. The molecule has 0 spiro atoms. The van der Waals surface area contributed by atoms with Crippen molar-refractivity contribution in [1.82, 2.24) is 9.80 Å². The number of aliphatic hydroxyl groups is 1. The van der Waals surface area contributed by atoms with Gasteiger partial charge in [0.15, 0.2) is 0 Å². The van der Waals surface area contributed by atoms with Crippen LogP contribution in [-0.2, 0) is 0 Å². The van der Waals surface area contributed by atoms with E-state index in [-0.39, 0.29) is 12.5 Å². The minimum absolute atomic E-state index is 0.159. The van der Waals surface area contributed by atoms with E-state index in [9.17, 15) is 13.9 Å². The van der Waals surface area contributed by atoms with Gasteiger partial charge >= 0.3 is 0 Å². The topological polar surface area (TPSA) is 26.7 Å². The third kappa shape index (κ3) is 2.69. The number of benzene rings is 1. The molecule has 1 aromatic rings. The molecular weight excluding hydrogens is 298 g/mol. The average Bonchev–Trinajstić information content (AvgIpc) is 2.95. The highest BCUT2D eigenvalue weighted by Gasteiger charge is 2.52. The van der Waals surface area contributed by atoms with Crippen LogP contribution in [0.5, 0.6) is 0 Å². The summed E-state index contributed by atoms with van der Waals surface area (Å²) in [6.07, 6.45) is 3.21. The van der Waals surface area contributed by atoms with Gasteiger partial charge in [-0.2, -0.15) is 0 Å². The highest BCUT2D eigenvalue weighted by atomic mass is 19.1. The molecule has 4 aliphatic heterocycles. The standard InChI is InChI=1S/C18H24F2N2O/c19-14-8-13(9-15(20)10-14)16-11-22(4-1-7-23)17-12-2-5-21(6-3-12)18(16)17/h8-10,12,16-18,23H,1-7,11H2/t16-,17+,18+/m1/s1. The first-order valence-electron chi connectivity index (χ1n) is 8.72. The Morgan fingerprint density at radius 1 is 1.04 bits per heavy atom. The molecule has 126 valence electrons. The predicted molar refractivity (Wildman–Crippen MR) is 84.2 cm³/mol. The minimum atomic E-state index is -0.485. The van der Waals surface area contributed by atoms with Crippen molar-refractivity contribution in [3.05, 3.63) is 35.4 Å². The Balaban J connectivity index is 1.66. The first-order chi connectivity index (χ1) is 11.2. The zero-order chi connectivity index (χ0) is 16.0. The molecule has 1 N–H and O–H groups in total.